The first kappa shape index (κ1) is 16.1. The molecule has 1 fully saturated rings. The van der Waals surface area contributed by atoms with E-state index in [0.29, 0.717) is 12.0 Å². The standard InChI is InChI=1S/C17H27NO3/c1-5-6-18-17(14-7-12(2)21-11-14)13-8-15(19-3)10-16(9-13)20-4/h8-10,12,14,17-18H,5-7,11H2,1-4H3. The Morgan fingerprint density at radius 2 is 1.90 bits per heavy atom. The number of ether oxygens (including phenoxy) is 3. The van der Waals surface area contributed by atoms with Crippen LogP contribution in [0.15, 0.2) is 18.2 Å². The highest BCUT2D eigenvalue weighted by molar-refractivity contribution is 5.40. The second-order valence-corrected chi connectivity index (χ2v) is 5.72. The number of methoxy groups -OCH3 is 2. The summed E-state index contributed by atoms with van der Waals surface area (Å²) in [6, 6.07) is 6.38. The van der Waals surface area contributed by atoms with E-state index in [4.69, 9.17) is 14.2 Å². The Morgan fingerprint density at radius 3 is 2.38 bits per heavy atom. The van der Waals surface area contributed by atoms with Crippen molar-refractivity contribution >= 4 is 0 Å². The van der Waals surface area contributed by atoms with Gasteiger partial charge in [-0.25, -0.2) is 0 Å². The van der Waals surface area contributed by atoms with Gasteiger partial charge in [-0.3, -0.25) is 0 Å². The van der Waals surface area contributed by atoms with E-state index in [1.54, 1.807) is 14.2 Å². The fourth-order valence-corrected chi connectivity index (χ4v) is 2.95. The molecule has 118 valence electrons. The summed E-state index contributed by atoms with van der Waals surface area (Å²) < 4.78 is 16.6. The fraction of sp³-hybridized carbons (Fsp3) is 0.647. The molecule has 0 bridgehead atoms. The molecule has 0 aliphatic carbocycles. The molecule has 1 aliphatic heterocycles. The van der Waals surface area contributed by atoms with Crippen molar-refractivity contribution in [2.75, 3.05) is 27.4 Å². The maximum absolute atomic E-state index is 5.76. The molecule has 1 N–H and O–H groups in total. The van der Waals surface area contributed by atoms with Gasteiger partial charge in [0, 0.05) is 18.0 Å². The molecule has 0 amide bonds. The molecule has 1 aromatic rings. The molecule has 3 unspecified atom stereocenters. The zero-order valence-electron chi connectivity index (χ0n) is 13.5. The van der Waals surface area contributed by atoms with Gasteiger partial charge < -0.3 is 19.5 Å². The van der Waals surface area contributed by atoms with Crippen molar-refractivity contribution in [3.63, 3.8) is 0 Å². The van der Waals surface area contributed by atoms with Gasteiger partial charge in [0.25, 0.3) is 0 Å². The summed E-state index contributed by atoms with van der Waals surface area (Å²) in [7, 11) is 3.38. The van der Waals surface area contributed by atoms with Crippen molar-refractivity contribution in [1.29, 1.82) is 0 Å². The van der Waals surface area contributed by atoms with Crippen molar-refractivity contribution in [2.24, 2.45) is 5.92 Å². The van der Waals surface area contributed by atoms with Crippen LogP contribution in [0.1, 0.15) is 38.3 Å². The van der Waals surface area contributed by atoms with Crippen LogP contribution in [0, 0.1) is 5.92 Å². The quantitative estimate of drug-likeness (QED) is 0.838. The third kappa shape index (κ3) is 4.11. The van der Waals surface area contributed by atoms with E-state index < -0.39 is 0 Å². The molecule has 2 rings (SSSR count). The average Bonchev–Trinajstić information content (AvgIpc) is 2.93. The third-order valence-electron chi connectivity index (χ3n) is 4.05. The maximum atomic E-state index is 5.76. The van der Waals surface area contributed by atoms with Crippen LogP contribution < -0.4 is 14.8 Å². The summed E-state index contributed by atoms with van der Waals surface area (Å²) in [6.45, 7) is 6.13. The second kappa shape index (κ2) is 7.66. The largest absolute Gasteiger partial charge is 0.497 e. The predicted octanol–water partition coefficient (Wildman–Crippen LogP) is 3.17. The first-order valence-corrected chi connectivity index (χ1v) is 7.75. The lowest BCUT2D eigenvalue weighted by atomic mass is 9.90. The average molecular weight is 293 g/mol. The third-order valence-corrected chi connectivity index (χ3v) is 4.05. The van der Waals surface area contributed by atoms with Crippen molar-refractivity contribution in [3.8, 4) is 11.5 Å². The van der Waals surface area contributed by atoms with Crippen LogP contribution in [0.4, 0.5) is 0 Å². The highest BCUT2D eigenvalue weighted by atomic mass is 16.5. The van der Waals surface area contributed by atoms with Gasteiger partial charge in [0.1, 0.15) is 11.5 Å². The van der Waals surface area contributed by atoms with Gasteiger partial charge in [0.2, 0.25) is 0 Å². The Kier molecular flexibility index (Phi) is 5.88. The van der Waals surface area contributed by atoms with Gasteiger partial charge in [0.15, 0.2) is 0 Å². The van der Waals surface area contributed by atoms with E-state index in [2.05, 4.69) is 31.3 Å². The van der Waals surface area contributed by atoms with Crippen LogP contribution in [0.2, 0.25) is 0 Å². The SMILES string of the molecule is CCCNC(c1cc(OC)cc(OC)c1)C1COC(C)C1. The molecule has 1 aromatic carbocycles. The lowest BCUT2D eigenvalue weighted by molar-refractivity contribution is 0.117. The van der Waals surface area contributed by atoms with Gasteiger partial charge in [-0.15, -0.1) is 0 Å². The monoisotopic (exact) mass is 293 g/mol. The molecule has 4 heteroatoms. The van der Waals surface area contributed by atoms with Crippen molar-refractivity contribution in [2.45, 2.75) is 38.8 Å². The summed E-state index contributed by atoms with van der Waals surface area (Å²) in [5.41, 5.74) is 1.21. The lowest BCUT2D eigenvalue weighted by Gasteiger charge is -2.25. The van der Waals surface area contributed by atoms with E-state index in [1.807, 2.05) is 6.07 Å². The van der Waals surface area contributed by atoms with Gasteiger partial charge in [-0.1, -0.05) is 6.92 Å². The summed E-state index contributed by atoms with van der Waals surface area (Å²) in [5.74, 6) is 2.16. The molecule has 1 aliphatic rings. The summed E-state index contributed by atoms with van der Waals surface area (Å²) in [5, 5.41) is 3.66. The number of rotatable bonds is 7. The maximum Gasteiger partial charge on any atom is 0.122 e. The van der Waals surface area contributed by atoms with E-state index in [9.17, 15) is 0 Å². The highest BCUT2D eigenvalue weighted by Crippen LogP contribution is 2.35. The Balaban J connectivity index is 2.26. The summed E-state index contributed by atoms with van der Waals surface area (Å²) in [4.78, 5) is 0. The number of nitrogens with one attached hydrogen (secondary N) is 1. The van der Waals surface area contributed by atoms with Crippen molar-refractivity contribution in [1.82, 2.24) is 5.32 Å². The topological polar surface area (TPSA) is 39.7 Å². The molecule has 0 aromatic heterocycles. The molecular weight excluding hydrogens is 266 g/mol. The molecule has 1 heterocycles. The van der Waals surface area contributed by atoms with Crippen LogP contribution in [0.3, 0.4) is 0 Å². The molecule has 1 saturated heterocycles. The first-order valence-electron chi connectivity index (χ1n) is 7.75. The second-order valence-electron chi connectivity index (χ2n) is 5.72. The zero-order valence-corrected chi connectivity index (χ0v) is 13.5. The van der Waals surface area contributed by atoms with Crippen LogP contribution in [0.25, 0.3) is 0 Å². The predicted molar refractivity (Wildman–Crippen MR) is 84.1 cm³/mol. The van der Waals surface area contributed by atoms with E-state index in [-0.39, 0.29) is 6.04 Å². The summed E-state index contributed by atoms with van der Waals surface area (Å²) >= 11 is 0. The number of hydrogen-bond acceptors (Lipinski definition) is 4. The van der Waals surface area contributed by atoms with Gasteiger partial charge in [-0.05, 0) is 44.0 Å². The zero-order chi connectivity index (χ0) is 15.2. The van der Waals surface area contributed by atoms with Crippen LogP contribution in [-0.2, 0) is 4.74 Å². The Morgan fingerprint density at radius 1 is 1.24 bits per heavy atom. The minimum atomic E-state index is 0.277. The molecule has 0 radical (unpaired) electrons. The smallest absolute Gasteiger partial charge is 0.122 e. The van der Waals surface area contributed by atoms with Crippen LogP contribution in [-0.4, -0.2) is 33.5 Å². The van der Waals surface area contributed by atoms with E-state index >= 15 is 0 Å². The normalized spacial score (nSPS) is 23.0. The van der Waals surface area contributed by atoms with Crippen LogP contribution >= 0.6 is 0 Å². The molecule has 4 nitrogen and oxygen atoms in total. The van der Waals surface area contributed by atoms with Crippen LogP contribution in [0.5, 0.6) is 11.5 Å². The molecule has 21 heavy (non-hydrogen) atoms. The van der Waals surface area contributed by atoms with Gasteiger partial charge in [0.05, 0.1) is 26.9 Å². The molecule has 0 saturated carbocycles. The first-order chi connectivity index (χ1) is 10.2. The minimum Gasteiger partial charge on any atom is -0.497 e. The van der Waals surface area contributed by atoms with Gasteiger partial charge in [-0.2, -0.15) is 0 Å². The van der Waals surface area contributed by atoms with Crippen molar-refractivity contribution < 1.29 is 14.2 Å². The Hall–Kier alpha value is -1.26. The van der Waals surface area contributed by atoms with Crippen molar-refractivity contribution in [3.05, 3.63) is 23.8 Å². The minimum absolute atomic E-state index is 0.277. The molecular formula is C17H27NO3. The van der Waals surface area contributed by atoms with E-state index in [0.717, 1.165) is 37.5 Å². The fourth-order valence-electron chi connectivity index (χ4n) is 2.95. The summed E-state index contributed by atoms with van der Waals surface area (Å²) in [6.07, 6.45) is 2.54. The molecule has 0 spiro atoms. The molecule has 3 atom stereocenters. The highest BCUT2D eigenvalue weighted by Gasteiger charge is 2.30. The van der Waals surface area contributed by atoms with Gasteiger partial charge >= 0.3 is 0 Å². The van der Waals surface area contributed by atoms with E-state index in [1.165, 1.54) is 5.56 Å². The number of hydrogen-bond donors (Lipinski definition) is 1. The Labute approximate surface area is 127 Å². The Bertz CT molecular complexity index is 427. The number of benzene rings is 1. The lowest BCUT2D eigenvalue weighted by Crippen LogP contribution is -2.29.